The fourth-order valence-electron chi connectivity index (χ4n) is 0.953. The van der Waals surface area contributed by atoms with E-state index >= 15 is 0 Å². The second-order valence-corrected chi connectivity index (χ2v) is 3.42. The fourth-order valence-corrected chi connectivity index (χ4v) is 1.24. The Kier molecular flexibility index (Phi) is 2.57. The predicted molar refractivity (Wildman–Crippen MR) is 57.8 cm³/mol. The van der Waals surface area contributed by atoms with Crippen molar-refractivity contribution in [3.05, 3.63) is 29.7 Å². The number of thiocarbonyl (C=S) groups is 1. The van der Waals surface area contributed by atoms with Crippen molar-refractivity contribution >= 4 is 28.8 Å². The van der Waals surface area contributed by atoms with Crippen LogP contribution in [-0.4, -0.2) is 29.7 Å². The molecule has 0 atom stereocenters. The van der Waals surface area contributed by atoms with Gasteiger partial charge in [0.25, 0.3) is 0 Å². The third kappa shape index (κ3) is 1.92. The number of aromatic nitrogens is 5. The van der Waals surface area contributed by atoms with Gasteiger partial charge < -0.3 is 5.73 Å². The highest BCUT2D eigenvalue weighted by molar-refractivity contribution is 7.80. The molecule has 2 rings (SSSR count). The van der Waals surface area contributed by atoms with E-state index in [1.165, 1.54) is 23.5 Å². The van der Waals surface area contributed by atoms with Crippen molar-refractivity contribution in [2.24, 2.45) is 5.73 Å². The van der Waals surface area contributed by atoms with E-state index < -0.39 is 0 Å². The van der Waals surface area contributed by atoms with Crippen LogP contribution in [0, 0.1) is 0 Å². The molecule has 8 heteroatoms. The second kappa shape index (κ2) is 3.87. The minimum absolute atomic E-state index is 0.124. The highest BCUT2D eigenvalue weighted by Crippen LogP contribution is 2.14. The molecule has 0 radical (unpaired) electrons. The van der Waals surface area contributed by atoms with E-state index in [4.69, 9.17) is 29.6 Å². The van der Waals surface area contributed by atoms with Crippen LogP contribution in [0.4, 0.5) is 0 Å². The van der Waals surface area contributed by atoms with Crippen LogP contribution in [0.1, 0.15) is 5.82 Å². The maximum absolute atomic E-state index is 5.87. The summed E-state index contributed by atoms with van der Waals surface area (Å²) < 4.78 is 1.39. The monoisotopic (exact) mass is 240 g/mol. The largest absolute Gasteiger partial charge is 0.387 e. The first-order valence-corrected chi connectivity index (χ1v) is 4.64. The van der Waals surface area contributed by atoms with Crippen LogP contribution in [0.15, 0.2) is 18.9 Å². The van der Waals surface area contributed by atoms with Gasteiger partial charge in [0.2, 0.25) is 5.82 Å². The van der Waals surface area contributed by atoms with Crippen LogP contribution in [-0.2, 0) is 0 Å². The zero-order valence-corrected chi connectivity index (χ0v) is 8.90. The van der Waals surface area contributed by atoms with Crippen LogP contribution in [0.5, 0.6) is 0 Å². The van der Waals surface area contributed by atoms with Gasteiger partial charge in [0.1, 0.15) is 22.7 Å². The predicted octanol–water partition coefficient (Wildman–Crippen LogP) is 0.345. The number of halogens is 1. The molecule has 76 valence electrons. The summed E-state index contributed by atoms with van der Waals surface area (Å²) in [6, 6.07) is 0. The Morgan fingerprint density at radius 3 is 2.87 bits per heavy atom. The van der Waals surface area contributed by atoms with Gasteiger partial charge >= 0.3 is 0 Å². The molecule has 0 aliphatic rings. The Labute approximate surface area is 95.1 Å². The quantitative estimate of drug-likeness (QED) is 0.763. The molecule has 0 saturated carbocycles. The summed E-state index contributed by atoms with van der Waals surface area (Å²) in [5, 5.41) is 4.38. The summed E-state index contributed by atoms with van der Waals surface area (Å²) in [6.45, 7) is 0. The number of hydrogen-bond acceptors (Lipinski definition) is 5. The van der Waals surface area contributed by atoms with E-state index in [-0.39, 0.29) is 10.8 Å². The molecule has 15 heavy (non-hydrogen) atoms. The van der Waals surface area contributed by atoms with Crippen molar-refractivity contribution in [1.82, 2.24) is 24.7 Å². The van der Waals surface area contributed by atoms with E-state index in [9.17, 15) is 0 Å². The van der Waals surface area contributed by atoms with Crippen molar-refractivity contribution < 1.29 is 0 Å². The minimum Gasteiger partial charge on any atom is -0.387 e. The molecule has 0 aromatic carbocycles. The van der Waals surface area contributed by atoms with E-state index in [1.54, 1.807) is 0 Å². The summed E-state index contributed by atoms with van der Waals surface area (Å²) in [5.74, 6) is 0.710. The van der Waals surface area contributed by atoms with Crippen molar-refractivity contribution in [3.63, 3.8) is 0 Å². The molecule has 0 fully saturated rings. The molecule has 0 saturated heterocycles. The van der Waals surface area contributed by atoms with Gasteiger partial charge in [-0.25, -0.2) is 19.6 Å². The lowest BCUT2D eigenvalue weighted by Gasteiger charge is -1.99. The molecule has 0 spiro atoms. The Bertz CT molecular complexity index is 510. The molecular formula is C7H5ClN6S. The Balaban J connectivity index is 2.46. The van der Waals surface area contributed by atoms with Gasteiger partial charge in [-0.05, 0) is 0 Å². The standard InChI is InChI=1S/C7H5ClN6S/c8-4-1-10-2-11-7(4)14-3-12-6(13-14)5(9)15/h1-3H,(H2,9,15). The average molecular weight is 241 g/mol. The van der Waals surface area contributed by atoms with Gasteiger partial charge in [0.15, 0.2) is 5.82 Å². The third-order valence-electron chi connectivity index (χ3n) is 1.58. The van der Waals surface area contributed by atoms with Crippen LogP contribution >= 0.6 is 23.8 Å². The van der Waals surface area contributed by atoms with Gasteiger partial charge in [0.05, 0.1) is 6.20 Å². The zero-order chi connectivity index (χ0) is 10.8. The molecule has 2 aromatic heterocycles. The molecule has 0 unspecified atom stereocenters. The lowest BCUT2D eigenvalue weighted by atomic mass is 10.6. The van der Waals surface area contributed by atoms with Gasteiger partial charge in [-0.1, -0.05) is 23.8 Å². The van der Waals surface area contributed by atoms with Gasteiger partial charge in [-0.3, -0.25) is 0 Å². The molecule has 0 aliphatic carbocycles. The van der Waals surface area contributed by atoms with Crippen molar-refractivity contribution in [2.45, 2.75) is 0 Å². The number of rotatable bonds is 2. The lowest BCUT2D eigenvalue weighted by molar-refractivity contribution is 0.835. The molecule has 0 bridgehead atoms. The first-order chi connectivity index (χ1) is 7.18. The maximum Gasteiger partial charge on any atom is 0.208 e. The van der Waals surface area contributed by atoms with E-state index in [2.05, 4.69) is 20.1 Å². The van der Waals surface area contributed by atoms with E-state index in [1.807, 2.05) is 0 Å². The van der Waals surface area contributed by atoms with Crippen LogP contribution < -0.4 is 5.73 Å². The summed E-state index contributed by atoms with van der Waals surface area (Å²) in [5.41, 5.74) is 5.37. The fraction of sp³-hybridized carbons (Fsp3) is 0. The molecule has 0 amide bonds. The first kappa shape index (κ1) is 9.94. The van der Waals surface area contributed by atoms with Crippen LogP contribution in [0.25, 0.3) is 5.82 Å². The Hall–Kier alpha value is -1.60. The normalized spacial score (nSPS) is 10.2. The molecular weight excluding hydrogens is 236 g/mol. The summed E-state index contributed by atoms with van der Waals surface area (Å²) in [7, 11) is 0. The molecule has 2 heterocycles. The highest BCUT2D eigenvalue weighted by Gasteiger charge is 2.08. The Morgan fingerprint density at radius 2 is 2.27 bits per heavy atom. The number of nitrogens with two attached hydrogens (primary N) is 1. The van der Waals surface area contributed by atoms with E-state index in [0.29, 0.717) is 10.8 Å². The van der Waals surface area contributed by atoms with Gasteiger partial charge in [-0.2, -0.15) is 0 Å². The summed E-state index contributed by atoms with van der Waals surface area (Å²) in [4.78, 5) is 11.7. The first-order valence-electron chi connectivity index (χ1n) is 3.86. The van der Waals surface area contributed by atoms with Gasteiger partial charge in [-0.15, -0.1) is 5.10 Å². The average Bonchev–Trinajstić information content (AvgIpc) is 2.67. The van der Waals surface area contributed by atoms with E-state index in [0.717, 1.165) is 0 Å². The zero-order valence-electron chi connectivity index (χ0n) is 7.33. The second-order valence-electron chi connectivity index (χ2n) is 2.57. The Morgan fingerprint density at radius 1 is 1.47 bits per heavy atom. The van der Waals surface area contributed by atoms with Crippen molar-refractivity contribution in [2.75, 3.05) is 0 Å². The van der Waals surface area contributed by atoms with Crippen LogP contribution in [0.2, 0.25) is 5.02 Å². The van der Waals surface area contributed by atoms with Crippen molar-refractivity contribution in [1.29, 1.82) is 0 Å². The SMILES string of the molecule is NC(=S)c1ncn(-c2ncncc2Cl)n1. The molecule has 2 N–H and O–H groups in total. The highest BCUT2D eigenvalue weighted by atomic mass is 35.5. The number of nitrogens with zero attached hydrogens (tertiary/aromatic N) is 5. The topological polar surface area (TPSA) is 82.5 Å². The molecule has 0 aliphatic heterocycles. The molecule has 6 nitrogen and oxygen atoms in total. The molecule has 2 aromatic rings. The third-order valence-corrected chi connectivity index (χ3v) is 2.03. The smallest absolute Gasteiger partial charge is 0.208 e. The van der Waals surface area contributed by atoms with Gasteiger partial charge in [0, 0.05) is 0 Å². The maximum atomic E-state index is 5.87. The summed E-state index contributed by atoms with van der Waals surface area (Å²) >= 11 is 10.6. The lowest BCUT2D eigenvalue weighted by Crippen LogP contribution is -2.12. The van der Waals surface area contributed by atoms with Crippen molar-refractivity contribution in [3.8, 4) is 5.82 Å². The van der Waals surface area contributed by atoms with Crippen LogP contribution in [0.3, 0.4) is 0 Å². The minimum atomic E-state index is 0.124. The number of hydrogen-bond donors (Lipinski definition) is 1. The summed E-state index contributed by atoms with van der Waals surface area (Å²) in [6.07, 6.45) is 4.26.